The molecule has 2 heterocycles. The molecule has 0 bridgehead atoms. The lowest BCUT2D eigenvalue weighted by Gasteiger charge is -2.35. The maximum absolute atomic E-state index is 12.7. The number of rotatable bonds is 4. The molecular weight excluding hydrogens is 362 g/mol. The van der Waals surface area contributed by atoms with E-state index in [1.54, 1.807) is 22.5 Å². The molecule has 0 atom stereocenters. The Hall–Kier alpha value is -1.33. The van der Waals surface area contributed by atoms with Crippen molar-refractivity contribution in [1.29, 1.82) is 5.26 Å². The van der Waals surface area contributed by atoms with Gasteiger partial charge in [0.25, 0.3) is 0 Å². The molecule has 0 unspecified atom stereocenters. The van der Waals surface area contributed by atoms with Crippen LogP contribution in [0, 0.1) is 11.3 Å². The number of nitrogens with one attached hydrogen (secondary N) is 1. The smallest absolute Gasteiger partial charge is 0.217 e. The molecule has 0 amide bonds. The molecule has 0 aromatic heterocycles. The molecule has 2 aliphatic heterocycles. The summed E-state index contributed by atoms with van der Waals surface area (Å²) in [6, 6.07) is 7.46. The molecule has 6 nitrogen and oxygen atoms in total. The molecule has 0 radical (unpaired) electrons. The second-order valence-electron chi connectivity index (χ2n) is 6.48. The number of benzene rings is 1. The maximum Gasteiger partial charge on any atom is 0.217 e. The van der Waals surface area contributed by atoms with Crippen LogP contribution in [0.2, 0.25) is 5.02 Å². The molecule has 0 spiro atoms. The van der Waals surface area contributed by atoms with Gasteiger partial charge in [-0.3, -0.25) is 0 Å². The van der Waals surface area contributed by atoms with Gasteiger partial charge in [-0.1, -0.05) is 11.6 Å². The first-order valence-electron chi connectivity index (χ1n) is 8.53. The van der Waals surface area contributed by atoms with E-state index in [1.165, 1.54) is 0 Å². The molecule has 1 N–H and O–H groups in total. The van der Waals surface area contributed by atoms with Crippen LogP contribution in [0.5, 0.6) is 0 Å². The maximum atomic E-state index is 12.7. The Labute approximate surface area is 153 Å². The summed E-state index contributed by atoms with van der Waals surface area (Å²) in [5.41, 5.74) is 1.25. The van der Waals surface area contributed by atoms with Crippen LogP contribution < -0.4 is 5.32 Å². The second kappa shape index (κ2) is 7.92. The van der Waals surface area contributed by atoms with Gasteiger partial charge in [-0.2, -0.15) is 5.26 Å². The van der Waals surface area contributed by atoms with Gasteiger partial charge in [0, 0.05) is 37.4 Å². The number of sulfonamides is 1. The van der Waals surface area contributed by atoms with Crippen molar-refractivity contribution in [3.63, 3.8) is 0 Å². The van der Waals surface area contributed by atoms with Gasteiger partial charge in [0.1, 0.15) is 6.07 Å². The summed E-state index contributed by atoms with van der Waals surface area (Å²) in [7, 11) is -3.24. The first-order chi connectivity index (χ1) is 12.0. The zero-order chi connectivity index (χ0) is 17.9. The van der Waals surface area contributed by atoms with E-state index in [1.807, 2.05) is 0 Å². The van der Waals surface area contributed by atoms with E-state index in [0.29, 0.717) is 49.7 Å². The Morgan fingerprint density at radius 1 is 1.20 bits per heavy atom. The van der Waals surface area contributed by atoms with Crippen molar-refractivity contribution in [1.82, 2.24) is 4.31 Å². The fourth-order valence-electron chi connectivity index (χ4n) is 3.39. The largest absolute Gasteiger partial charge is 0.381 e. The Morgan fingerprint density at radius 2 is 1.88 bits per heavy atom. The van der Waals surface area contributed by atoms with Gasteiger partial charge in [-0.25, -0.2) is 12.7 Å². The molecule has 3 rings (SSSR count). The first kappa shape index (κ1) is 18.5. The van der Waals surface area contributed by atoms with Gasteiger partial charge in [-0.15, -0.1) is 0 Å². The van der Waals surface area contributed by atoms with Crippen LogP contribution in [-0.4, -0.2) is 50.3 Å². The minimum Gasteiger partial charge on any atom is -0.381 e. The molecule has 0 saturated carbocycles. The fraction of sp³-hybridized carbons (Fsp3) is 0.588. The fourth-order valence-corrected chi connectivity index (χ4v) is 5.50. The summed E-state index contributed by atoms with van der Waals surface area (Å²) in [5, 5.41) is 12.8. The molecule has 8 heteroatoms. The Bertz CT molecular complexity index is 749. The molecule has 2 saturated heterocycles. The number of nitriles is 1. The molecular formula is C17H22ClN3O3S. The van der Waals surface area contributed by atoms with Crippen LogP contribution in [0.25, 0.3) is 0 Å². The molecule has 0 aliphatic carbocycles. The van der Waals surface area contributed by atoms with Crippen molar-refractivity contribution in [2.75, 3.05) is 31.6 Å². The van der Waals surface area contributed by atoms with Crippen molar-refractivity contribution in [3.05, 3.63) is 28.8 Å². The van der Waals surface area contributed by atoms with Gasteiger partial charge >= 0.3 is 0 Å². The number of nitrogens with zero attached hydrogens (tertiary/aromatic N) is 2. The van der Waals surface area contributed by atoms with Crippen LogP contribution in [0.4, 0.5) is 5.69 Å². The van der Waals surface area contributed by atoms with Crippen molar-refractivity contribution in [2.24, 2.45) is 0 Å². The van der Waals surface area contributed by atoms with Crippen LogP contribution in [-0.2, 0) is 14.8 Å². The normalized spacial score (nSPS) is 21.0. The lowest BCUT2D eigenvalue weighted by Crippen LogP contribution is -2.47. The van der Waals surface area contributed by atoms with Crippen LogP contribution in [0.1, 0.15) is 31.2 Å². The predicted octanol–water partition coefficient (Wildman–Crippen LogP) is 2.60. The third-order valence-electron chi connectivity index (χ3n) is 4.87. The third-order valence-corrected chi connectivity index (χ3v) is 7.50. The molecule has 136 valence electrons. The van der Waals surface area contributed by atoms with E-state index in [-0.39, 0.29) is 11.3 Å². The van der Waals surface area contributed by atoms with E-state index < -0.39 is 10.0 Å². The van der Waals surface area contributed by atoms with Crippen LogP contribution in [0.3, 0.4) is 0 Å². The van der Waals surface area contributed by atoms with Gasteiger partial charge in [0.2, 0.25) is 10.0 Å². The summed E-state index contributed by atoms with van der Waals surface area (Å²) in [6.45, 7) is 2.06. The highest BCUT2D eigenvalue weighted by Gasteiger charge is 2.35. The lowest BCUT2D eigenvalue weighted by molar-refractivity contribution is 0.0969. The van der Waals surface area contributed by atoms with Crippen LogP contribution >= 0.6 is 11.6 Å². The van der Waals surface area contributed by atoms with E-state index >= 15 is 0 Å². The summed E-state index contributed by atoms with van der Waals surface area (Å²) in [5.74, 6) is 0. The number of halogens is 1. The van der Waals surface area contributed by atoms with Gasteiger partial charge in [-0.05, 0) is 43.9 Å². The lowest BCUT2D eigenvalue weighted by atomic mass is 10.1. The highest BCUT2D eigenvalue weighted by molar-refractivity contribution is 7.89. The Balaban J connectivity index is 1.60. The monoisotopic (exact) mass is 383 g/mol. The van der Waals surface area contributed by atoms with Crippen molar-refractivity contribution in [2.45, 2.75) is 37.0 Å². The summed E-state index contributed by atoms with van der Waals surface area (Å²) in [6.07, 6.45) is 2.60. The minimum atomic E-state index is -3.24. The molecule has 2 fully saturated rings. The Kier molecular flexibility index (Phi) is 5.85. The molecule has 25 heavy (non-hydrogen) atoms. The third kappa shape index (κ3) is 4.26. The molecule has 2 aliphatic rings. The molecule has 1 aromatic rings. The zero-order valence-electron chi connectivity index (χ0n) is 13.9. The van der Waals surface area contributed by atoms with Crippen LogP contribution in [0.15, 0.2) is 18.2 Å². The SMILES string of the molecule is N#Cc1cc(Cl)ccc1NC1CCN(S(=O)(=O)C2CCOCC2)CC1. The second-order valence-corrected chi connectivity index (χ2v) is 9.13. The quantitative estimate of drug-likeness (QED) is 0.864. The van der Waals surface area contributed by atoms with E-state index in [9.17, 15) is 13.7 Å². The topological polar surface area (TPSA) is 82.4 Å². The molecule has 1 aromatic carbocycles. The number of piperidine rings is 1. The number of ether oxygens (including phenoxy) is 1. The average molecular weight is 384 g/mol. The van der Waals surface area contributed by atoms with Crippen molar-refractivity contribution in [3.8, 4) is 6.07 Å². The van der Waals surface area contributed by atoms with Gasteiger partial charge in [0.15, 0.2) is 0 Å². The highest BCUT2D eigenvalue weighted by atomic mass is 35.5. The summed E-state index contributed by atoms with van der Waals surface area (Å²) in [4.78, 5) is 0. The van der Waals surface area contributed by atoms with E-state index in [2.05, 4.69) is 11.4 Å². The van der Waals surface area contributed by atoms with Gasteiger partial charge in [0.05, 0.1) is 16.5 Å². The number of anilines is 1. The summed E-state index contributed by atoms with van der Waals surface area (Å²) >= 11 is 5.92. The Morgan fingerprint density at radius 3 is 2.52 bits per heavy atom. The number of hydrogen-bond donors (Lipinski definition) is 1. The standard InChI is InChI=1S/C17H22ClN3O3S/c18-14-1-2-17(13(11-14)12-19)20-15-3-7-21(8-4-15)25(22,23)16-5-9-24-10-6-16/h1-2,11,15-16,20H,3-10H2. The zero-order valence-corrected chi connectivity index (χ0v) is 15.5. The van der Waals surface area contributed by atoms with Crippen molar-refractivity contribution >= 4 is 27.3 Å². The minimum absolute atomic E-state index is 0.148. The average Bonchev–Trinajstić information content (AvgIpc) is 2.64. The predicted molar refractivity (Wildman–Crippen MR) is 97.1 cm³/mol. The number of hydrogen-bond acceptors (Lipinski definition) is 5. The van der Waals surface area contributed by atoms with Gasteiger partial charge < -0.3 is 10.1 Å². The van der Waals surface area contributed by atoms with E-state index in [0.717, 1.165) is 18.5 Å². The van der Waals surface area contributed by atoms with Crippen molar-refractivity contribution < 1.29 is 13.2 Å². The highest BCUT2D eigenvalue weighted by Crippen LogP contribution is 2.26. The summed E-state index contributed by atoms with van der Waals surface area (Å²) < 4.78 is 32.4. The first-order valence-corrected chi connectivity index (χ1v) is 10.4. The van der Waals surface area contributed by atoms with E-state index in [4.69, 9.17) is 16.3 Å².